The quantitative estimate of drug-likeness (QED) is 0.818. The Hall–Kier alpha value is -2.25. The highest BCUT2D eigenvalue weighted by molar-refractivity contribution is 7.17. The molecule has 0 aliphatic heterocycles. The molecule has 2 heterocycles. The van der Waals surface area contributed by atoms with Crippen LogP contribution in [0.1, 0.15) is 57.1 Å². The first kappa shape index (κ1) is 19.5. The third kappa shape index (κ3) is 4.20. The van der Waals surface area contributed by atoms with Crippen molar-refractivity contribution < 1.29 is 14.7 Å². The van der Waals surface area contributed by atoms with Gasteiger partial charge in [-0.25, -0.2) is 4.79 Å². The highest BCUT2D eigenvalue weighted by atomic mass is 32.1. The average molecular weight is 388 g/mol. The lowest BCUT2D eigenvalue weighted by atomic mass is 9.76. The minimum absolute atomic E-state index is 0.0712. The number of carboxylic acid groups (broad SMARTS) is 1. The minimum Gasteiger partial charge on any atom is -0.478 e. The molecule has 2 aromatic heterocycles. The molecule has 2 aromatic rings. The zero-order valence-corrected chi connectivity index (χ0v) is 16.9. The lowest BCUT2D eigenvalue weighted by Crippen LogP contribution is -2.23. The second-order valence-corrected chi connectivity index (χ2v) is 9.15. The number of nitrogens with zero attached hydrogens (tertiary/aromatic N) is 2. The van der Waals surface area contributed by atoms with Crippen LogP contribution in [0.15, 0.2) is 18.3 Å². The van der Waals surface area contributed by atoms with Gasteiger partial charge in [-0.15, -0.1) is 11.3 Å². The van der Waals surface area contributed by atoms with Crippen molar-refractivity contribution >= 4 is 28.2 Å². The molecule has 0 fully saturated rings. The van der Waals surface area contributed by atoms with E-state index in [0.717, 1.165) is 29.7 Å². The van der Waals surface area contributed by atoms with Gasteiger partial charge in [0, 0.05) is 17.6 Å². The fourth-order valence-corrected chi connectivity index (χ4v) is 4.68. The van der Waals surface area contributed by atoms with Gasteiger partial charge in [-0.2, -0.15) is 0 Å². The van der Waals surface area contributed by atoms with E-state index in [9.17, 15) is 14.7 Å². The number of hydrogen-bond donors (Lipinski definition) is 2. The summed E-state index contributed by atoms with van der Waals surface area (Å²) < 4.78 is 0. The van der Waals surface area contributed by atoms with Gasteiger partial charge in [0.1, 0.15) is 5.00 Å². The Balaban J connectivity index is 1.94. The highest BCUT2D eigenvalue weighted by Gasteiger charge is 2.33. The van der Waals surface area contributed by atoms with Crippen LogP contribution in [0.2, 0.25) is 0 Å². The summed E-state index contributed by atoms with van der Waals surface area (Å²) in [6.07, 6.45) is 4.24. The molecule has 0 saturated carbocycles. The Morgan fingerprint density at radius 1 is 1.37 bits per heavy atom. The Kier molecular flexibility index (Phi) is 5.35. The van der Waals surface area contributed by atoms with E-state index < -0.39 is 5.97 Å². The number of carboxylic acids is 1. The fraction of sp³-hybridized carbons (Fsp3) is 0.450. The lowest BCUT2D eigenvalue weighted by molar-refractivity contribution is 0.0696. The van der Waals surface area contributed by atoms with Gasteiger partial charge in [0.15, 0.2) is 0 Å². The first-order valence-electron chi connectivity index (χ1n) is 8.96. The topological polar surface area (TPSA) is 82.5 Å². The molecule has 6 nitrogen and oxygen atoms in total. The van der Waals surface area contributed by atoms with Gasteiger partial charge in [-0.3, -0.25) is 9.78 Å². The van der Waals surface area contributed by atoms with E-state index in [4.69, 9.17) is 0 Å². The second kappa shape index (κ2) is 7.40. The summed E-state index contributed by atoms with van der Waals surface area (Å²) >= 11 is 1.39. The number of aromatic carboxylic acids is 1. The zero-order chi connectivity index (χ0) is 19.8. The predicted molar refractivity (Wildman–Crippen MR) is 107 cm³/mol. The number of hydrogen-bond acceptors (Lipinski definition) is 5. The minimum atomic E-state index is -0.986. The number of nitrogens with one attached hydrogen (secondary N) is 1. The Morgan fingerprint density at radius 2 is 2.11 bits per heavy atom. The van der Waals surface area contributed by atoms with Crippen LogP contribution in [0.3, 0.4) is 0 Å². The van der Waals surface area contributed by atoms with Crippen LogP contribution in [-0.2, 0) is 19.4 Å². The Bertz CT molecular complexity index is 887. The second-order valence-electron chi connectivity index (χ2n) is 8.04. The van der Waals surface area contributed by atoms with Crippen molar-refractivity contribution in [3.8, 4) is 0 Å². The van der Waals surface area contributed by atoms with Gasteiger partial charge in [0.05, 0.1) is 16.8 Å². The summed E-state index contributed by atoms with van der Waals surface area (Å²) in [7, 11) is 3.82. The van der Waals surface area contributed by atoms with Crippen molar-refractivity contribution in [2.24, 2.45) is 5.41 Å². The van der Waals surface area contributed by atoms with Gasteiger partial charge < -0.3 is 15.3 Å². The number of fused-ring (bicyclic) bond motifs is 1. The maximum absolute atomic E-state index is 12.9. The normalized spacial score (nSPS) is 15.4. The number of amides is 1. The summed E-state index contributed by atoms with van der Waals surface area (Å²) in [5.41, 5.74) is 2.32. The van der Waals surface area contributed by atoms with Crippen molar-refractivity contribution in [3.63, 3.8) is 0 Å². The number of carbonyl (C=O) groups excluding carboxylic acids is 1. The van der Waals surface area contributed by atoms with Gasteiger partial charge in [0.25, 0.3) is 5.91 Å². The number of aromatic nitrogens is 1. The SMILES string of the molecule is CN(C)Cc1ncccc1C(=O)Nc1sc2c(c1C(=O)O)CC(C)(C)CC2. The number of anilines is 1. The highest BCUT2D eigenvalue weighted by Crippen LogP contribution is 2.43. The molecule has 0 atom stereocenters. The molecule has 3 rings (SSSR count). The smallest absolute Gasteiger partial charge is 0.339 e. The first-order valence-corrected chi connectivity index (χ1v) is 9.77. The van der Waals surface area contributed by atoms with Gasteiger partial charge in [0.2, 0.25) is 0 Å². The molecule has 27 heavy (non-hydrogen) atoms. The van der Waals surface area contributed by atoms with Gasteiger partial charge >= 0.3 is 5.97 Å². The van der Waals surface area contributed by atoms with Crippen LogP contribution < -0.4 is 5.32 Å². The molecule has 0 unspecified atom stereocenters. The van der Waals surface area contributed by atoms with Crippen LogP contribution in [0.5, 0.6) is 0 Å². The fourth-order valence-electron chi connectivity index (χ4n) is 3.47. The van der Waals surface area contributed by atoms with Crippen LogP contribution in [0, 0.1) is 5.41 Å². The van der Waals surface area contributed by atoms with Crippen molar-refractivity contribution in [2.75, 3.05) is 19.4 Å². The number of carbonyl (C=O) groups is 2. The summed E-state index contributed by atoms with van der Waals surface area (Å²) in [5, 5.41) is 13.0. The van der Waals surface area contributed by atoms with Crippen molar-refractivity contribution in [1.82, 2.24) is 9.88 Å². The molecule has 0 spiro atoms. The zero-order valence-electron chi connectivity index (χ0n) is 16.1. The summed E-state index contributed by atoms with van der Waals surface area (Å²) in [6.45, 7) is 4.84. The van der Waals surface area contributed by atoms with E-state index in [-0.39, 0.29) is 16.9 Å². The molecule has 0 bridgehead atoms. The van der Waals surface area contributed by atoms with Gasteiger partial charge in [-0.1, -0.05) is 13.8 Å². The number of rotatable bonds is 5. The van der Waals surface area contributed by atoms with Crippen LogP contribution in [0.4, 0.5) is 5.00 Å². The Labute approximate surface area is 163 Å². The third-order valence-corrected chi connectivity index (χ3v) is 6.02. The summed E-state index contributed by atoms with van der Waals surface area (Å²) in [6, 6.07) is 3.44. The van der Waals surface area contributed by atoms with E-state index in [2.05, 4.69) is 24.1 Å². The van der Waals surface area contributed by atoms with Crippen molar-refractivity contribution in [2.45, 2.75) is 39.7 Å². The molecule has 144 valence electrons. The lowest BCUT2D eigenvalue weighted by Gasteiger charge is -2.29. The molecule has 1 aliphatic carbocycles. The largest absolute Gasteiger partial charge is 0.478 e. The molecule has 0 aromatic carbocycles. The maximum Gasteiger partial charge on any atom is 0.339 e. The molecule has 0 radical (unpaired) electrons. The summed E-state index contributed by atoms with van der Waals surface area (Å²) in [5.74, 6) is -1.31. The first-order chi connectivity index (χ1) is 12.7. The molecule has 2 N–H and O–H groups in total. The van der Waals surface area contributed by atoms with Gasteiger partial charge in [-0.05, 0) is 56.5 Å². The van der Waals surface area contributed by atoms with Crippen LogP contribution in [-0.4, -0.2) is 41.0 Å². The third-order valence-electron chi connectivity index (χ3n) is 4.82. The average Bonchev–Trinajstić information content (AvgIpc) is 2.90. The van der Waals surface area contributed by atoms with E-state index in [1.54, 1.807) is 18.3 Å². The van der Waals surface area contributed by atoms with Crippen molar-refractivity contribution in [1.29, 1.82) is 0 Å². The predicted octanol–water partition coefficient (Wildman–Crippen LogP) is 3.67. The molecular formula is C20H25N3O3S. The molecule has 7 heteroatoms. The number of aryl methyl sites for hydroxylation is 1. The summed E-state index contributed by atoms with van der Waals surface area (Å²) in [4.78, 5) is 32.1. The van der Waals surface area contributed by atoms with E-state index in [0.29, 0.717) is 22.8 Å². The van der Waals surface area contributed by atoms with E-state index in [1.807, 2.05) is 19.0 Å². The monoisotopic (exact) mass is 387 g/mol. The molecule has 0 saturated heterocycles. The van der Waals surface area contributed by atoms with Crippen LogP contribution >= 0.6 is 11.3 Å². The molecular weight excluding hydrogens is 362 g/mol. The Morgan fingerprint density at radius 3 is 2.78 bits per heavy atom. The number of pyridine rings is 1. The van der Waals surface area contributed by atoms with E-state index in [1.165, 1.54) is 11.3 Å². The van der Waals surface area contributed by atoms with Crippen LogP contribution in [0.25, 0.3) is 0 Å². The maximum atomic E-state index is 12.9. The standard InChI is InChI=1S/C20H25N3O3S/c1-20(2)8-7-15-13(10-20)16(19(25)26)18(27-15)22-17(24)12-6-5-9-21-14(12)11-23(3)4/h5-6,9H,7-8,10-11H2,1-4H3,(H,22,24)(H,25,26). The van der Waals surface area contributed by atoms with Crippen molar-refractivity contribution in [3.05, 3.63) is 45.6 Å². The number of thiophene rings is 1. The molecule has 1 aliphatic rings. The molecule has 1 amide bonds. The van der Waals surface area contributed by atoms with E-state index >= 15 is 0 Å².